The van der Waals surface area contributed by atoms with Crippen LogP contribution in [0.2, 0.25) is 5.02 Å². The molecular weight excluding hydrogens is 326 g/mol. The first-order chi connectivity index (χ1) is 11.5. The maximum absolute atomic E-state index is 12.0. The lowest BCUT2D eigenvalue weighted by Crippen LogP contribution is -2.31. The highest BCUT2D eigenvalue weighted by Gasteiger charge is 2.10. The minimum absolute atomic E-state index is 0.0392. The van der Waals surface area contributed by atoms with Crippen molar-refractivity contribution >= 4 is 17.5 Å². The van der Waals surface area contributed by atoms with Crippen molar-refractivity contribution in [2.24, 2.45) is 0 Å². The van der Waals surface area contributed by atoms with Gasteiger partial charge in [-0.25, -0.2) is 0 Å². The molecule has 0 aliphatic heterocycles. The molecule has 0 spiro atoms. The van der Waals surface area contributed by atoms with E-state index >= 15 is 0 Å². The molecule has 1 N–H and O–H groups in total. The minimum atomic E-state index is -0.177. The fraction of sp³-hybridized carbons (Fsp3) is 0.316. The zero-order valence-electron chi connectivity index (χ0n) is 14.1. The minimum Gasteiger partial charge on any atom is -0.494 e. The summed E-state index contributed by atoms with van der Waals surface area (Å²) in [5.41, 5.74) is 1.92. The molecule has 128 valence electrons. The number of amides is 1. The van der Waals surface area contributed by atoms with E-state index in [2.05, 4.69) is 5.32 Å². The van der Waals surface area contributed by atoms with Crippen LogP contribution in [0.15, 0.2) is 42.5 Å². The van der Waals surface area contributed by atoms with E-state index in [4.69, 9.17) is 21.1 Å². The molecular formula is C19H22ClNO3. The molecule has 0 aliphatic rings. The molecule has 2 aromatic rings. The van der Waals surface area contributed by atoms with Crippen molar-refractivity contribution in [3.63, 3.8) is 0 Å². The quantitative estimate of drug-likeness (QED) is 0.812. The number of ether oxygens (including phenoxy) is 2. The number of aryl methyl sites for hydroxylation is 1. The number of carbonyl (C=O) groups is 1. The van der Waals surface area contributed by atoms with E-state index in [9.17, 15) is 4.79 Å². The van der Waals surface area contributed by atoms with Gasteiger partial charge in [0.05, 0.1) is 12.6 Å². The zero-order valence-corrected chi connectivity index (χ0v) is 14.9. The third-order valence-electron chi connectivity index (χ3n) is 3.57. The van der Waals surface area contributed by atoms with Gasteiger partial charge in [-0.2, -0.15) is 0 Å². The van der Waals surface area contributed by atoms with Crippen LogP contribution >= 0.6 is 11.6 Å². The summed E-state index contributed by atoms with van der Waals surface area (Å²) < 4.78 is 10.9. The second kappa shape index (κ2) is 8.60. The van der Waals surface area contributed by atoms with E-state index < -0.39 is 0 Å². The van der Waals surface area contributed by atoms with Gasteiger partial charge < -0.3 is 14.8 Å². The zero-order chi connectivity index (χ0) is 17.5. The summed E-state index contributed by atoms with van der Waals surface area (Å²) in [5, 5.41) is 3.59. The Balaban J connectivity index is 1.85. The fourth-order valence-corrected chi connectivity index (χ4v) is 2.36. The van der Waals surface area contributed by atoms with Crippen molar-refractivity contribution in [2.75, 3.05) is 13.2 Å². The first kappa shape index (κ1) is 18.1. The van der Waals surface area contributed by atoms with Gasteiger partial charge in [-0.15, -0.1) is 0 Å². The van der Waals surface area contributed by atoms with E-state index in [1.165, 1.54) is 0 Å². The number of nitrogens with one attached hydrogen (secondary N) is 1. The van der Waals surface area contributed by atoms with E-state index in [1.54, 1.807) is 12.1 Å². The summed E-state index contributed by atoms with van der Waals surface area (Å²) in [6.45, 7) is 6.36. The van der Waals surface area contributed by atoms with Crippen molar-refractivity contribution in [2.45, 2.75) is 26.8 Å². The van der Waals surface area contributed by atoms with Crippen LogP contribution in [0, 0.1) is 6.92 Å². The van der Waals surface area contributed by atoms with E-state index in [-0.39, 0.29) is 18.6 Å². The molecule has 0 aliphatic carbocycles. The standard InChI is InChI=1S/C19H22ClNO3/c1-4-23-16-7-5-15(6-8-16)14(3)21-19(22)12-24-17-9-10-18(20)13(2)11-17/h5-11,14H,4,12H2,1-3H3,(H,21,22). The molecule has 0 heterocycles. The Labute approximate surface area is 147 Å². The maximum atomic E-state index is 12.0. The molecule has 1 unspecified atom stereocenters. The van der Waals surface area contributed by atoms with Crippen LogP contribution < -0.4 is 14.8 Å². The Hall–Kier alpha value is -2.20. The second-order valence-electron chi connectivity index (χ2n) is 5.49. The predicted molar refractivity (Wildman–Crippen MR) is 95.9 cm³/mol. The molecule has 0 radical (unpaired) electrons. The van der Waals surface area contributed by atoms with Gasteiger partial charge in [0.15, 0.2) is 6.61 Å². The Kier molecular flexibility index (Phi) is 6.50. The lowest BCUT2D eigenvalue weighted by molar-refractivity contribution is -0.123. The van der Waals surface area contributed by atoms with Gasteiger partial charge >= 0.3 is 0 Å². The lowest BCUT2D eigenvalue weighted by atomic mass is 10.1. The van der Waals surface area contributed by atoms with Crippen LogP contribution in [0.5, 0.6) is 11.5 Å². The van der Waals surface area contributed by atoms with Crippen molar-refractivity contribution in [1.82, 2.24) is 5.32 Å². The predicted octanol–water partition coefficient (Wildman–Crippen LogP) is 4.30. The van der Waals surface area contributed by atoms with Crippen LogP contribution in [-0.2, 0) is 4.79 Å². The summed E-state index contributed by atoms with van der Waals surface area (Å²) in [7, 11) is 0. The third kappa shape index (κ3) is 5.17. The topological polar surface area (TPSA) is 47.6 Å². The molecule has 2 aromatic carbocycles. The van der Waals surface area contributed by atoms with Crippen molar-refractivity contribution in [3.05, 3.63) is 58.6 Å². The summed E-state index contributed by atoms with van der Waals surface area (Å²) in [5.74, 6) is 1.27. The highest BCUT2D eigenvalue weighted by molar-refractivity contribution is 6.31. The van der Waals surface area contributed by atoms with Gasteiger partial charge in [-0.1, -0.05) is 23.7 Å². The van der Waals surface area contributed by atoms with Gasteiger partial charge in [-0.05, 0) is 62.2 Å². The first-order valence-corrected chi connectivity index (χ1v) is 8.28. The number of carbonyl (C=O) groups excluding carboxylic acids is 1. The molecule has 0 bridgehead atoms. The average molecular weight is 348 g/mol. The normalized spacial score (nSPS) is 11.7. The van der Waals surface area contributed by atoms with Crippen molar-refractivity contribution in [3.8, 4) is 11.5 Å². The summed E-state index contributed by atoms with van der Waals surface area (Å²) in [6, 6.07) is 12.9. The van der Waals surface area contributed by atoms with Gasteiger partial charge in [0.1, 0.15) is 11.5 Å². The van der Waals surface area contributed by atoms with Gasteiger partial charge in [-0.3, -0.25) is 4.79 Å². The number of benzene rings is 2. The largest absolute Gasteiger partial charge is 0.494 e. The van der Waals surface area contributed by atoms with Gasteiger partial charge in [0, 0.05) is 5.02 Å². The Morgan fingerprint density at radius 3 is 2.42 bits per heavy atom. The van der Waals surface area contributed by atoms with Crippen LogP contribution in [-0.4, -0.2) is 19.1 Å². The fourth-order valence-electron chi connectivity index (χ4n) is 2.24. The molecule has 24 heavy (non-hydrogen) atoms. The van der Waals surface area contributed by atoms with E-state index in [0.717, 1.165) is 16.9 Å². The molecule has 0 aromatic heterocycles. The Bertz CT molecular complexity index is 686. The molecule has 5 heteroatoms. The smallest absolute Gasteiger partial charge is 0.258 e. The first-order valence-electron chi connectivity index (χ1n) is 7.90. The SMILES string of the molecule is CCOc1ccc(C(C)NC(=O)COc2ccc(Cl)c(C)c2)cc1. The number of halogens is 1. The lowest BCUT2D eigenvalue weighted by Gasteiger charge is -2.15. The Morgan fingerprint density at radius 2 is 1.79 bits per heavy atom. The average Bonchev–Trinajstić information content (AvgIpc) is 2.57. The van der Waals surface area contributed by atoms with Crippen LogP contribution in [0.1, 0.15) is 31.0 Å². The highest BCUT2D eigenvalue weighted by atomic mass is 35.5. The summed E-state index contributed by atoms with van der Waals surface area (Å²) in [6.07, 6.45) is 0. The molecule has 2 rings (SSSR count). The molecule has 4 nitrogen and oxygen atoms in total. The van der Waals surface area contributed by atoms with Crippen molar-refractivity contribution < 1.29 is 14.3 Å². The van der Waals surface area contributed by atoms with Crippen LogP contribution in [0.25, 0.3) is 0 Å². The van der Waals surface area contributed by atoms with E-state index in [0.29, 0.717) is 17.4 Å². The maximum Gasteiger partial charge on any atom is 0.258 e. The Morgan fingerprint density at radius 1 is 1.12 bits per heavy atom. The monoisotopic (exact) mass is 347 g/mol. The van der Waals surface area contributed by atoms with E-state index in [1.807, 2.05) is 51.1 Å². The highest BCUT2D eigenvalue weighted by Crippen LogP contribution is 2.21. The molecule has 0 fully saturated rings. The summed E-state index contributed by atoms with van der Waals surface area (Å²) in [4.78, 5) is 12.0. The van der Waals surface area contributed by atoms with Crippen LogP contribution in [0.4, 0.5) is 0 Å². The number of hydrogen-bond donors (Lipinski definition) is 1. The van der Waals surface area contributed by atoms with Gasteiger partial charge in [0.25, 0.3) is 5.91 Å². The summed E-state index contributed by atoms with van der Waals surface area (Å²) >= 11 is 5.97. The third-order valence-corrected chi connectivity index (χ3v) is 3.99. The second-order valence-corrected chi connectivity index (χ2v) is 5.90. The molecule has 1 amide bonds. The van der Waals surface area contributed by atoms with Crippen molar-refractivity contribution in [1.29, 1.82) is 0 Å². The molecule has 0 saturated carbocycles. The molecule has 0 saturated heterocycles. The number of hydrogen-bond acceptors (Lipinski definition) is 3. The van der Waals surface area contributed by atoms with Gasteiger partial charge in [0.2, 0.25) is 0 Å². The van der Waals surface area contributed by atoms with Crippen LogP contribution in [0.3, 0.4) is 0 Å². The number of rotatable bonds is 7. The molecule has 1 atom stereocenters.